The van der Waals surface area contributed by atoms with Gasteiger partial charge in [-0.3, -0.25) is 0 Å². The van der Waals surface area contributed by atoms with E-state index in [0.29, 0.717) is 17.1 Å². The van der Waals surface area contributed by atoms with Crippen molar-refractivity contribution in [1.82, 2.24) is 5.43 Å². The first kappa shape index (κ1) is 11.8. The first-order valence-electron chi connectivity index (χ1n) is 4.48. The monoisotopic (exact) mass is 223 g/mol. The fourth-order valence-electron chi connectivity index (χ4n) is 1.18. The number of urea groups is 1. The van der Waals surface area contributed by atoms with Crippen LogP contribution in [-0.4, -0.2) is 26.5 Å². The molecule has 0 aromatic heterocycles. The third-order valence-corrected chi connectivity index (χ3v) is 1.81. The number of hydrazone groups is 1. The molecule has 0 unspecified atom stereocenters. The van der Waals surface area contributed by atoms with Crippen LogP contribution >= 0.6 is 0 Å². The van der Waals surface area contributed by atoms with Crippen LogP contribution < -0.4 is 20.6 Å². The fourth-order valence-corrected chi connectivity index (χ4v) is 1.18. The standard InChI is InChI=1S/C10H13N3O3/c1-15-8-5-3-4-7(9(8)16-2)6-12-13-10(11)14/h3-6H,1-2H3,(H3,11,13,14)/b12-6-. The number of primary amides is 1. The number of nitrogens with zero attached hydrogens (tertiary/aromatic N) is 1. The van der Waals surface area contributed by atoms with Crippen molar-refractivity contribution < 1.29 is 14.3 Å². The summed E-state index contributed by atoms with van der Waals surface area (Å²) >= 11 is 0. The highest BCUT2D eigenvalue weighted by Crippen LogP contribution is 2.29. The van der Waals surface area contributed by atoms with Crippen LogP contribution in [0.15, 0.2) is 23.3 Å². The van der Waals surface area contributed by atoms with E-state index in [4.69, 9.17) is 15.2 Å². The molecule has 0 atom stereocenters. The minimum absolute atomic E-state index is 0.542. The van der Waals surface area contributed by atoms with E-state index in [1.165, 1.54) is 13.3 Å². The van der Waals surface area contributed by atoms with Crippen LogP contribution in [-0.2, 0) is 0 Å². The molecule has 0 saturated carbocycles. The zero-order valence-corrected chi connectivity index (χ0v) is 9.06. The van der Waals surface area contributed by atoms with Crippen LogP contribution in [0.5, 0.6) is 11.5 Å². The normalized spacial score (nSPS) is 10.1. The minimum atomic E-state index is -0.724. The second kappa shape index (κ2) is 5.59. The number of methoxy groups -OCH3 is 2. The average molecular weight is 223 g/mol. The Kier molecular flexibility index (Phi) is 4.14. The lowest BCUT2D eigenvalue weighted by molar-refractivity contribution is 0.249. The van der Waals surface area contributed by atoms with Crippen LogP contribution in [0.1, 0.15) is 5.56 Å². The number of hydrogen-bond acceptors (Lipinski definition) is 4. The van der Waals surface area contributed by atoms with E-state index >= 15 is 0 Å². The summed E-state index contributed by atoms with van der Waals surface area (Å²) in [6, 6.07) is 4.59. The molecule has 1 aromatic carbocycles. The van der Waals surface area contributed by atoms with Crippen LogP contribution in [0.2, 0.25) is 0 Å². The average Bonchev–Trinajstić information content (AvgIpc) is 2.28. The Bertz CT molecular complexity index is 404. The molecule has 0 bridgehead atoms. The van der Waals surface area contributed by atoms with Crippen molar-refractivity contribution in [3.05, 3.63) is 23.8 Å². The van der Waals surface area contributed by atoms with Crippen LogP contribution in [0.25, 0.3) is 0 Å². The molecule has 0 aliphatic rings. The van der Waals surface area contributed by atoms with E-state index < -0.39 is 6.03 Å². The maximum atomic E-state index is 10.4. The summed E-state index contributed by atoms with van der Waals surface area (Å²) in [5.41, 5.74) is 7.63. The van der Waals surface area contributed by atoms with Crippen molar-refractivity contribution in [1.29, 1.82) is 0 Å². The highest BCUT2D eigenvalue weighted by Gasteiger charge is 2.06. The number of hydrogen-bond donors (Lipinski definition) is 2. The van der Waals surface area contributed by atoms with Crippen molar-refractivity contribution in [2.45, 2.75) is 0 Å². The molecular weight excluding hydrogens is 210 g/mol. The van der Waals surface area contributed by atoms with Gasteiger partial charge in [0, 0.05) is 5.56 Å². The van der Waals surface area contributed by atoms with Gasteiger partial charge in [-0.15, -0.1) is 0 Å². The first-order valence-corrected chi connectivity index (χ1v) is 4.48. The van der Waals surface area contributed by atoms with Gasteiger partial charge in [-0.2, -0.15) is 5.10 Å². The Morgan fingerprint density at radius 3 is 2.75 bits per heavy atom. The predicted octanol–water partition coefficient (Wildman–Crippen LogP) is 0.706. The fraction of sp³-hybridized carbons (Fsp3) is 0.200. The van der Waals surface area contributed by atoms with Crippen LogP contribution in [0, 0.1) is 0 Å². The minimum Gasteiger partial charge on any atom is -0.493 e. The number of rotatable bonds is 4. The van der Waals surface area contributed by atoms with Crippen molar-refractivity contribution in [2.24, 2.45) is 10.8 Å². The molecule has 0 radical (unpaired) electrons. The van der Waals surface area contributed by atoms with Crippen molar-refractivity contribution in [2.75, 3.05) is 14.2 Å². The van der Waals surface area contributed by atoms with Gasteiger partial charge >= 0.3 is 6.03 Å². The summed E-state index contributed by atoms with van der Waals surface area (Å²) < 4.78 is 10.3. The third-order valence-electron chi connectivity index (χ3n) is 1.81. The van der Waals surface area contributed by atoms with Gasteiger partial charge in [-0.25, -0.2) is 10.2 Å². The molecule has 16 heavy (non-hydrogen) atoms. The second-order valence-electron chi connectivity index (χ2n) is 2.82. The van der Waals surface area contributed by atoms with Crippen molar-refractivity contribution >= 4 is 12.2 Å². The highest BCUT2D eigenvalue weighted by molar-refractivity contribution is 5.86. The molecular formula is C10H13N3O3. The maximum Gasteiger partial charge on any atom is 0.332 e. The Hall–Kier alpha value is -2.24. The second-order valence-corrected chi connectivity index (χ2v) is 2.82. The molecule has 3 N–H and O–H groups in total. The number of ether oxygens (including phenoxy) is 2. The molecule has 6 nitrogen and oxygen atoms in total. The van der Waals surface area contributed by atoms with Crippen molar-refractivity contribution in [3.8, 4) is 11.5 Å². The number of carbonyl (C=O) groups excluding carboxylic acids is 1. The van der Waals surface area contributed by atoms with E-state index in [9.17, 15) is 4.79 Å². The SMILES string of the molecule is COc1cccc(/C=N\NC(N)=O)c1OC. The lowest BCUT2D eigenvalue weighted by Gasteiger charge is -2.09. The number of amides is 2. The Balaban J connectivity index is 2.94. The predicted molar refractivity (Wildman–Crippen MR) is 59.9 cm³/mol. The van der Waals surface area contributed by atoms with Gasteiger partial charge in [0.1, 0.15) is 0 Å². The third kappa shape index (κ3) is 2.88. The van der Waals surface area contributed by atoms with Crippen molar-refractivity contribution in [3.63, 3.8) is 0 Å². The molecule has 86 valence electrons. The molecule has 0 aliphatic carbocycles. The van der Waals surface area contributed by atoms with Gasteiger partial charge in [0.25, 0.3) is 0 Å². The van der Waals surface area contributed by atoms with Gasteiger partial charge in [0.15, 0.2) is 11.5 Å². The summed E-state index contributed by atoms with van der Waals surface area (Å²) in [5, 5.41) is 3.64. The topological polar surface area (TPSA) is 85.9 Å². The first-order chi connectivity index (χ1) is 7.69. The molecule has 2 amide bonds. The number of carbonyl (C=O) groups is 1. The molecule has 0 aliphatic heterocycles. The Labute approximate surface area is 93.0 Å². The lowest BCUT2D eigenvalue weighted by atomic mass is 10.2. The number of nitrogens with one attached hydrogen (secondary N) is 1. The van der Waals surface area contributed by atoms with Crippen LogP contribution in [0.4, 0.5) is 4.79 Å². The highest BCUT2D eigenvalue weighted by atomic mass is 16.5. The van der Waals surface area contributed by atoms with E-state index in [-0.39, 0.29) is 0 Å². The molecule has 6 heteroatoms. The summed E-state index contributed by atoms with van der Waals surface area (Å²) in [5.74, 6) is 1.13. The number of para-hydroxylation sites is 1. The van der Waals surface area contributed by atoms with Gasteiger partial charge in [0.2, 0.25) is 0 Å². The zero-order chi connectivity index (χ0) is 12.0. The molecule has 1 rings (SSSR count). The quantitative estimate of drug-likeness (QED) is 0.582. The zero-order valence-electron chi connectivity index (χ0n) is 9.06. The Morgan fingerprint density at radius 1 is 1.44 bits per heavy atom. The molecule has 0 saturated heterocycles. The molecule has 0 fully saturated rings. The summed E-state index contributed by atoms with van der Waals surface area (Å²) in [6.07, 6.45) is 1.42. The number of benzene rings is 1. The summed E-state index contributed by atoms with van der Waals surface area (Å²) in [6.45, 7) is 0. The smallest absolute Gasteiger partial charge is 0.332 e. The molecule has 0 heterocycles. The van der Waals surface area contributed by atoms with E-state index in [0.717, 1.165) is 0 Å². The largest absolute Gasteiger partial charge is 0.493 e. The van der Waals surface area contributed by atoms with E-state index in [1.807, 2.05) is 0 Å². The lowest BCUT2D eigenvalue weighted by Crippen LogP contribution is -2.24. The van der Waals surface area contributed by atoms with Gasteiger partial charge < -0.3 is 15.2 Å². The van der Waals surface area contributed by atoms with E-state index in [1.54, 1.807) is 25.3 Å². The molecule has 1 aromatic rings. The van der Waals surface area contributed by atoms with Gasteiger partial charge in [-0.1, -0.05) is 6.07 Å². The Morgan fingerprint density at radius 2 is 2.19 bits per heavy atom. The van der Waals surface area contributed by atoms with Crippen LogP contribution in [0.3, 0.4) is 0 Å². The number of nitrogens with two attached hydrogens (primary N) is 1. The van der Waals surface area contributed by atoms with E-state index in [2.05, 4.69) is 10.5 Å². The van der Waals surface area contributed by atoms with Gasteiger partial charge in [-0.05, 0) is 12.1 Å². The molecule has 0 spiro atoms. The summed E-state index contributed by atoms with van der Waals surface area (Å²) in [7, 11) is 3.07. The summed E-state index contributed by atoms with van der Waals surface area (Å²) in [4.78, 5) is 10.4. The maximum absolute atomic E-state index is 10.4. The van der Waals surface area contributed by atoms with Gasteiger partial charge in [0.05, 0.1) is 20.4 Å².